The number of para-hydroxylation sites is 1. The first-order valence-electron chi connectivity index (χ1n) is 4.72. The van der Waals surface area contributed by atoms with E-state index in [4.69, 9.17) is 0 Å². The molecule has 0 atom stereocenters. The Kier molecular flexibility index (Phi) is 2.89. The van der Waals surface area contributed by atoms with Gasteiger partial charge in [-0.3, -0.25) is 0 Å². The predicted molar refractivity (Wildman–Crippen MR) is 63.6 cm³/mol. The number of halogens is 1. The maximum Gasteiger partial charge on any atom is 0.0601 e. The van der Waals surface area contributed by atoms with Crippen LogP contribution in [0, 0.1) is 0 Å². The predicted octanol–water partition coefficient (Wildman–Crippen LogP) is 2.69. The summed E-state index contributed by atoms with van der Waals surface area (Å²) in [6, 6.07) is 6.28. The van der Waals surface area contributed by atoms with Crippen molar-refractivity contribution in [2.24, 2.45) is 0 Å². The lowest BCUT2D eigenvalue weighted by molar-refractivity contribution is 0.795. The molecule has 0 radical (unpaired) electrons. The Hall–Kier alpha value is -0.800. The van der Waals surface area contributed by atoms with Crippen molar-refractivity contribution in [3.63, 3.8) is 0 Å². The van der Waals surface area contributed by atoms with E-state index in [2.05, 4.69) is 50.6 Å². The maximum absolute atomic E-state index is 3.53. The second-order valence-electron chi connectivity index (χ2n) is 3.33. The number of H-pyrrole nitrogens is 1. The second kappa shape index (κ2) is 4.15. The van der Waals surface area contributed by atoms with Gasteiger partial charge in [0.1, 0.15) is 0 Å². The van der Waals surface area contributed by atoms with Crippen LogP contribution in [0.2, 0.25) is 0 Å². The summed E-state index contributed by atoms with van der Waals surface area (Å²) in [5.41, 5.74) is 2.56. The van der Waals surface area contributed by atoms with Crippen molar-refractivity contribution < 1.29 is 0 Å². The van der Waals surface area contributed by atoms with Crippen LogP contribution in [-0.2, 0) is 6.42 Å². The summed E-state index contributed by atoms with van der Waals surface area (Å²) in [6.45, 7) is 1.01. The minimum absolute atomic E-state index is 1.01. The maximum atomic E-state index is 3.53. The topological polar surface area (TPSA) is 27.8 Å². The molecule has 0 spiro atoms. The molecule has 1 heterocycles. The molecule has 14 heavy (non-hydrogen) atoms. The van der Waals surface area contributed by atoms with E-state index < -0.39 is 0 Å². The van der Waals surface area contributed by atoms with E-state index in [1.165, 1.54) is 16.5 Å². The molecule has 0 saturated carbocycles. The monoisotopic (exact) mass is 252 g/mol. The first kappa shape index (κ1) is 9.74. The minimum atomic E-state index is 1.01. The molecule has 0 amide bonds. The van der Waals surface area contributed by atoms with Gasteiger partial charge < -0.3 is 10.3 Å². The molecule has 74 valence electrons. The fourth-order valence-electron chi connectivity index (χ4n) is 1.64. The van der Waals surface area contributed by atoms with Crippen molar-refractivity contribution >= 4 is 26.8 Å². The molecular weight excluding hydrogens is 240 g/mol. The molecule has 1 aromatic carbocycles. The van der Waals surface area contributed by atoms with Gasteiger partial charge in [0.2, 0.25) is 0 Å². The Morgan fingerprint density at radius 1 is 1.43 bits per heavy atom. The van der Waals surface area contributed by atoms with Crippen LogP contribution in [0.1, 0.15) is 5.56 Å². The zero-order valence-corrected chi connectivity index (χ0v) is 9.69. The summed E-state index contributed by atoms with van der Waals surface area (Å²) < 4.78 is 1.13. The number of hydrogen-bond donors (Lipinski definition) is 2. The number of likely N-dealkylation sites (N-methyl/N-ethyl adjacent to an activating group) is 1. The molecule has 3 heteroatoms. The van der Waals surface area contributed by atoms with Gasteiger partial charge in [0.15, 0.2) is 0 Å². The SMILES string of the molecule is CNCCc1c[nH]c2c(Br)cccc12. The van der Waals surface area contributed by atoms with E-state index in [0.717, 1.165) is 17.4 Å². The summed E-state index contributed by atoms with van der Waals surface area (Å²) in [5.74, 6) is 0. The van der Waals surface area contributed by atoms with Gasteiger partial charge in [0.05, 0.1) is 5.52 Å². The number of aromatic nitrogens is 1. The second-order valence-corrected chi connectivity index (χ2v) is 4.18. The van der Waals surface area contributed by atoms with E-state index in [1.807, 2.05) is 7.05 Å². The fraction of sp³-hybridized carbons (Fsp3) is 0.273. The Bertz CT molecular complexity index is 434. The van der Waals surface area contributed by atoms with Crippen molar-refractivity contribution in [3.8, 4) is 0 Å². The van der Waals surface area contributed by atoms with E-state index >= 15 is 0 Å². The molecule has 2 aromatic rings. The molecule has 2 nitrogen and oxygen atoms in total. The van der Waals surface area contributed by atoms with Crippen molar-refractivity contribution in [1.82, 2.24) is 10.3 Å². The first-order chi connectivity index (χ1) is 6.83. The van der Waals surface area contributed by atoms with Crippen LogP contribution >= 0.6 is 15.9 Å². The lowest BCUT2D eigenvalue weighted by atomic mass is 10.1. The summed E-state index contributed by atoms with van der Waals surface area (Å²) in [7, 11) is 1.98. The van der Waals surface area contributed by atoms with Gasteiger partial charge in [0, 0.05) is 16.1 Å². The van der Waals surface area contributed by atoms with Gasteiger partial charge >= 0.3 is 0 Å². The smallest absolute Gasteiger partial charge is 0.0601 e. The van der Waals surface area contributed by atoms with Crippen LogP contribution in [0.5, 0.6) is 0 Å². The molecule has 0 aliphatic heterocycles. The average molecular weight is 253 g/mol. The quantitative estimate of drug-likeness (QED) is 0.864. The molecule has 2 N–H and O–H groups in total. The van der Waals surface area contributed by atoms with Gasteiger partial charge in [0.25, 0.3) is 0 Å². The molecule has 0 saturated heterocycles. The van der Waals surface area contributed by atoms with Crippen LogP contribution in [0.4, 0.5) is 0 Å². The largest absolute Gasteiger partial charge is 0.360 e. The lowest BCUT2D eigenvalue weighted by Gasteiger charge is -1.98. The highest BCUT2D eigenvalue weighted by Crippen LogP contribution is 2.25. The van der Waals surface area contributed by atoms with Gasteiger partial charge in [-0.1, -0.05) is 12.1 Å². The third-order valence-corrected chi connectivity index (χ3v) is 3.06. The molecule has 2 rings (SSSR count). The van der Waals surface area contributed by atoms with Gasteiger partial charge in [-0.05, 0) is 47.6 Å². The Balaban J connectivity index is 2.42. The summed E-state index contributed by atoms with van der Waals surface area (Å²) in [4.78, 5) is 3.29. The Morgan fingerprint density at radius 2 is 2.29 bits per heavy atom. The van der Waals surface area contributed by atoms with E-state index in [1.54, 1.807) is 0 Å². The molecule has 0 fully saturated rings. The number of benzene rings is 1. The standard InChI is InChI=1S/C11H13BrN2/c1-13-6-5-8-7-14-11-9(8)3-2-4-10(11)12/h2-4,7,13-14H,5-6H2,1H3. The number of aromatic amines is 1. The van der Waals surface area contributed by atoms with E-state index in [0.29, 0.717) is 0 Å². The molecule has 0 unspecified atom stereocenters. The molecule has 0 aliphatic carbocycles. The first-order valence-corrected chi connectivity index (χ1v) is 5.51. The Labute approximate surface area is 91.8 Å². The fourth-order valence-corrected chi connectivity index (χ4v) is 2.12. The lowest BCUT2D eigenvalue weighted by Crippen LogP contribution is -2.09. The number of nitrogens with one attached hydrogen (secondary N) is 2. The van der Waals surface area contributed by atoms with Crippen LogP contribution in [0.15, 0.2) is 28.9 Å². The third-order valence-electron chi connectivity index (χ3n) is 2.39. The highest BCUT2D eigenvalue weighted by atomic mass is 79.9. The number of hydrogen-bond acceptors (Lipinski definition) is 1. The average Bonchev–Trinajstić information content (AvgIpc) is 2.60. The normalized spacial score (nSPS) is 11.0. The van der Waals surface area contributed by atoms with Gasteiger partial charge in [-0.2, -0.15) is 0 Å². The van der Waals surface area contributed by atoms with Gasteiger partial charge in [-0.25, -0.2) is 0 Å². The molecule has 0 aliphatic rings. The molecule has 1 aromatic heterocycles. The van der Waals surface area contributed by atoms with E-state index in [-0.39, 0.29) is 0 Å². The Morgan fingerprint density at radius 3 is 3.07 bits per heavy atom. The van der Waals surface area contributed by atoms with Crippen LogP contribution in [0.25, 0.3) is 10.9 Å². The summed E-state index contributed by atoms with van der Waals surface area (Å²) in [6.07, 6.45) is 3.15. The third kappa shape index (κ3) is 1.70. The highest BCUT2D eigenvalue weighted by molar-refractivity contribution is 9.10. The minimum Gasteiger partial charge on any atom is -0.360 e. The van der Waals surface area contributed by atoms with E-state index in [9.17, 15) is 0 Å². The zero-order valence-electron chi connectivity index (χ0n) is 8.10. The summed E-state index contributed by atoms with van der Waals surface area (Å²) in [5, 5.41) is 4.47. The number of rotatable bonds is 3. The van der Waals surface area contributed by atoms with Crippen molar-refractivity contribution in [2.75, 3.05) is 13.6 Å². The van der Waals surface area contributed by atoms with Crippen molar-refractivity contribution in [1.29, 1.82) is 0 Å². The van der Waals surface area contributed by atoms with Crippen LogP contribution in [0.3, 0.4) is 0 Å². The van der Waals surface area contributed by atoms with Crippen molar-refractivity contribution in [2.45, 2.75) is 6.42 Å². The van der Waals surface area contributed by atoms with Gasteiger partial charge in [-0.15, -0.1) is 0 Å². The number of fused-ring (bicyclic) bond motifs is 1. The zero-order chi connectivity index (χ0) is 9.97. The summed E-state index contributed by atoms with van der Waals surface area (Å²) >= 11 is 3.53. The van der Waals surface area contributed by atoms with Crippen molar-refractivity contribution in [3.05, 3.63) is 34.4 Å². The van der Waals surface area contributed by atoms with Crippen LogP contribution < -0.4 is 5.32 Å². The van der Waals surface area contributed by atoms with Crippen LogP contribution in [-0.4, -0.2) is 18.6 Å². The molecular formula is C11H13BrN2. The molecule has 0 bridgehead atoms. The highest BCUT2D eigenvalue weighted by Gasteiger charge is 2.04.